The Morgan fingerprint density at radius 2 is 2.12 bits per heavy atom. The first-order valence-electron chi connectivity index (χ1n) is 7.96. The van der Waals surface area contributed by atoms with Gasteiger partial charge in [-0.25, -0.2) is 9.37 Å². The Bertz CT molecular complexity index is 778. The number of rotatable bonds is 4. The lowest BCUT2D eigenvalue weighted by atomic mass is 10.1. The third-order valence-electron chi connectivity index (χ3n) is 4.09. The molecule has 0 spiro atoms. The molecule has 1 unspecified atom stereocenters. The Morgan fingerprint density at radius 3 is 2.77 bits per heavy atom. The van der Waals surface area contributed by atoms with Crippen LogP contribution >= 0.6 is 0 Å². The topological polar surface area (TPSA) is 76.9 Å². The van der Waals surface area contributed by atoms with E-state index in [1.807, 2.05) is 0 Å². The highest BCUT2D eigenvalue weighted by Gasteiger charge is 2.35. The smallest absolute Gasteiger partial charge is 0.378 e. The standard InChI is InChI=1S/C15H18F4N6O/c1-8-11(6-25(24-8)12-3-4-26-7-10(12)16)22-14-21-5-9(15(17,18)19)13(20-2)23-14/h5-6,10,12H,3-4,7H2,1-2H3,(H2,20,21,22,23)/t10-,12?/m0/s1. The molecule has 2 aromatic rings. The Kier molecular flexibility index (Phi) is 4.99. The van der Waals surface area contributed by atoms with E-state index in [0.29, 0.717) is 30.6 Å². The fraction of sp³-hybridized carbons (Fsp3) is 0.533. The Morgan fingerprint density at radius 1 is 1.35 bits per heavy atom. The molecule has 0 aliphatic carbocycles. The van der Waals surface area contributed by atoms with Gasteiger partial charge in [-0.2, -0.15) is 23.3 Å². The molecule has 0 saturated carbocycles. The van der Waals surface area contributed by atoms with Crippen molar-refractivity contribution in [1.29, 1.82) is 0 Å². The van der Waals surface area contributed by atoms with Crippen LogP contribution in [0.3, 0.4) is 0 Å². The van der Waals surface area contributed by atoms with Crippen LogP contribution in [-0.4, -0.2) is 46.2 Å². The number of hydrogen-bond acceptors (Lipinski definition) is 6. The van der Waals surface area contributed by atoms with Crippen molar-refractivity contribution < 1.29 is 22.3 Å². The first kappa shape index (κ1) is 18.4. The summed E-state index contributed by atoms with van der Waals surface area (Å²) in [5.74, 6) is -0.359. The lowest BCUT2D eigenvalue weighted by molar-refractivity contribution is -0.137. The summed E-state index contributed by atoms with van der Waals surface area (Å²) < 4.78 is 59.3. The molecule has 11 heteroatoms. The molecule has 0 radical (unpaired) electrons. The molecule has 7 nitrogen and oxygen atoms in total. The van der Waals surface area contributed by atoms with E-state index in [1.54, 1.807) is 13.1 Å². The van der Waals surface area contributed by atoms with E-state index in [4.69, 9.17) is 4.74 Å². The van der Waals surface area contributed by atoms with Crippen LogP contribution in [-0.2, 0) is 10.9 Å². The van der Waals surface area contributed by atoms with Gasteiger partial charge in [0.15, 0.2) is 0 Å². The third kappa shape index (κ3) is 3.71. The van der Waals surface area contributed by atoms with Gasteiger partial charge in [0.25, 0.3) is 0 Å². The first-order valence-corrected chi connectivity index (χ1v) is 7.96. The molecule has 142 valence electrons. The van der Waals surface area contributed by atoms with Crippen molar-refractivity contribution in [3.63, 3.8) is 0 Å². The van der Waals surface area contributed by atoms with Gasteiger partial charge in [-0.05, 0) is 13.3 Å². The zero-order valence-corrected chi connectivity index (χ0v) is 14.1. The van der Waals surface area contributed by atoms with Crippen molar-refractivity contribution in [2.45, 2.75) is 31.7 Å². The molecule has 1 saturated heterocycles. The van der Waals surface area contributed by atoms with Gasteiger partial charge in [-0.15, -0.1) is 0 Å². The lowest BCUT2D eigenvalue weighted by Crippen LogP contribution is -2.31. The van der Waals surface area contributed by atoms with Crippen LogP contribution in [0, 0.1) is 6.92 Å². The van der Waals surface area contributed by atoms with Gasteiger partial charge in [0.2, 0.25) is 5.95 Å². The number of aromatic nitrogens is 4. The van der Waals surface area contributed by atoms with Gasteiger partial charge >= 0.3 is 6.18 Å². The molecule has 2 aromatic heterocycles. The molecule has 3 heterocycles. The highest BCUT2D eigenvalue weighted by molar-refractivity contribution is 5.57. The zero-order chi connectivity index (χ0) is 18.9. The van der Waals surface area contributed by atoms with Crippen molar-refractivity contribution in [3.05, 3.63) is 23.7 Å². The Hall–Kier alpha value is -2.43. The summed E-state index contributed by atoms with van der Waals surface area (Å²) in [4.78, 5) is 7.56. The molecular formula is C15H18F4N6O. The van der Waals surface area contributed by atoms with Gasteiger partial charge in [-0.3, -0.25) is 4.68 Å². The molecule has 2 N–H and O–H groups in total. The number of alkyl halides is 4. The molecule has 26 heavy (non-hydrogen) atoms. The maximum absolute atomic E-state index is 14.0. The quantitative estimate of drug-likeness (QED) is 0.801. The second-order valence-corrected chi connectivity index (χ2v) is 5.88. The van der Waals surface area contributed by atoms with E-state index in [-0.39, 0.29) is 18.4 Å². The largest absolute Gasteiger partial charge is 0.421 e. The molecule has 3 rings (SSSR count). The summed E-state index contributed by atoms with van der Waals surface area (Å²) in [6, 6.07) is -0.445. The predicted octanol–water partition coefficient (Wildman–Crippen LogP) is 3.09. The Labute approximate surface area is 146 Å². The van der Waals surface area contributed by atoms with E-state index in [2.05, 4.69) is 25.7 Å². The molecule has 1 aliphatic rings. The van der Waals surface area contributed by atoms with E-state index >= 15 is 0 Å². The molecule has 0 aromatic carbocycles. The highest BCUT2D eigenvalue weighted by Crippen LogP contribution is 2.34. The van der Waals surface area contributed by atoms with E-state index < -0.39 is 24.0 Å². The van der Waals surface area contributed by atoms with Crippen molar-refractivity contribution >= 4 is 17.5 Å². The number of aryl methyl sites for hydroxylation is 1. The average molecular weight is 374 g/mol. The van der Waals surface area contributed by atoms with Crippen LogP contribution in [0.2, 0.25) is 0 Å². The maximum atomic E-state index is 14.0. The van der Waals surface area contributed by atoms with Gasteiger partial charge in [0.05, 0.1) is 24.0 Å². The van der Waals surface area contributed by atoms with Crippen molar-refractivity contribution in [2.75, 3.05) is 30.9 Å². The van der Waals surface area contributed by atoms with E-state index in [9.17, 15) is 17.6 Å². The van der Waals surface area contributed by atoms with Gasteiger partial charge in [0, 0.05) is 26.0 Å². The second-order valence-electron chi connectivity index (χ2n) is 5.88. The number of ether oxygens (including phenoxy) is 1. The minimum absolute atomic E-state index is 0.0138. The molecule has 1 fully saturated rings. The lowest BCUT2D eigenvalue weighted by Gasteiger charge is -2.26. The summed E-state index contributed by atoms with van der Waals surface area (Å²) in [5, 5.41) is 9.53. The van der Waals surface area contributed by atoms with E-state index in [1.165, 1.54) is 11.7 Å². The third-order valence-corrected chi connectivity index (χ3v) is 4.09. The number of nitrogens with one attached hydrogen (secondary N) is 2. The molecule has 0 bridgehead atoms. The van der Waals surface area contributed by atoms with Gasteiger partial charge < -0.3 is 15.4 Å². The molecular weight excluding hydrogens is 356 g/mol. The van der Waals surface area contributed by atoms with Crippen LogP contribution in [0.25, 0.3) is 0 Å². The summed E-state index contributed by atoms with van der Waals surface area (Å²) in [6.07, 6.45) is -2.94. The monoisotopic (exact) mass is 374 g/mol. The normalized spacial score (nSPS) is 20.8. The summed E-state index contributed by atoms with van der Waals surface area (Å²) in [6.45, 7) is 2.16. The van der Waals surface area contributed by atoms with Gasteiger partial charge in [0.1, 0.15) is 17.6 Å². The number of anilines is 3. The summed E-state index contributed by atoms with van der Waals surface area (Å²) in [5.41, 5.74) is 0.0872. The highest BCUT2D eigenvalue weighted by atomic mass is 19.4. The molecule has 1 aliphatic heterocycles. The predicted molar refractivity (Wildman–Crippen MR) is 86.2 cm³/mol. The second kappa shape index (κ2) is 7.06. The fourth-order valence-corrected chi connectivity index (χ4v) is 2.72. The summed E-state index contributed by atoms with van der Waals surface area (Å²) in [7, 11) is 1.34. The van der Waals surface area contributed by atoms with Crippen LogP contribution in [0.5, 0.6) is 0 Å². The van der Waals surface area contributed by atoms with Gasteiger partial charge in [-0.1, -0.05) is 0 Å². The molecule has 0 amide bonds. The summed E-state index contributed by atoms with van der Waals surface area (Å²) >= 11 is 0. The van der Waals surface area contributed by atoms with E-state index in [0.717, 1.165) is 0 Å². The van der Waals surface area contributed by atoms with Crippen LogP contribution < -0.4 is 10.6 Å². The number of halogens is 4. The minimum atomic E-state index is -4.56. The first-order chi connectivity index (χ1) is 12.3. The maximum Gasteiger partial charge on any atom is 0.421 e. The number of hydrogen-bond donors (Lipinski definition) is 2. The minimum Gasteiger partial charge on any atom is -0.378 e. The molecule has 2 atom stereocenters. The SMILES string of the molecule is CNc1nc(Nc2cn(C3CCOC[C@@H]3F)nc2C)ncc1C(F)(F)F. The Balaban J connectivity index is 1.83. The number of nitrogens with zero attached hydrogens (tertiary/aromatic N) is 4. The van der Waals surface area contributed by atoms with Crippen LogP contribution in [0.4, 0.5) is 35.0 Å². The van der Waals surface area contributed by atoms with Crippen LogP contribution in [0.1, 0.15) is 23.7 Å². The van der Waals surface area contributed by atoms with Crippen molar-refractivity contribution in [2.24, 2.45) is 0 Å². The van der Waals surface area contributed by atoms with Crippen molar-refractivity contribution in [3.8, 4) is 0 Å². The zero-order valence-electron chi connectivity index (χ0n) is 14.1. The average Bonchev–Trinajstić information content (AvgIpc) is 2.94. The van der Waals surface area contributed by atoms with Crippen molar-refractivity contribution in [1.82, 2.24) is 19.7 Å². The fourth-order valence-electron chi connectivity index (χ4n) is 2.72. The van der Waals surface area contributed by atoms with Crippen LogP contribution in [0.15, 0.2) is 12.4 Å².